The van der Waals surface area contributed by atoms with Crippen LogP contribution >= 0.6 is 0 Å². The van der Waals surface area contributed by atoms with Gasteiger partial charge in [-0.05, 0) is 98.4 Å². The molecule has 2 atom stereocenters. The third-order valence-electron chi connectivity index (χ3n) is 5.37. The van der Waals surface area contributed by atoms with Crippen molar-refractivity contribution in [2.75, 3.05) is 0 Å². The lowest BCUT2D eigenvalue weighted by atomic mass is 10.1. The molecule has 2 rings (SSSR count). The number of guanidine groups is 1. The van der Waals surface area contributed by atoms with Gasteiger partial charge in [-0.3, -0.25) is 10.1 Å². The number of nitrogens with two attached hydrogens (primary N) is 1. The van der Waals surface area contributed by atoms with E-state index in [0.717, 1.165) is 33.4 Å². The molecule has 0 saturated carbocycles. The fourth-order valence-corrected chi connectivity index (χ4v) is 3.80. The molecule has 0 heterocycles. The summed E-state index contributed by atoms with van der Waals surface area (Å²) in [6, 6.07) is 7.92. The zero-order valence-corrected chi connectivity index (χ0v) is 25.4. The number of aliphatic carboxylic acids is 1. The van der Waals surface area contributed by atoms with Gasteiger partial charge in [-0.15, -0.1) is 4.99 Å². The highest BCUT2D eigenvalue weighted by Gasteiger charge is 2.20. The third kappa shape index (κ3) is 11.3. The van der Waals surface area contributed by atoms with Crippen molar-refractivity contribution in [3.05, 3.63) is 57.6 Å². The van der Waals surface area contributed by atoms with Crippen LogP contribution in [0.15, 0.2) is 29.3 Å². The minimum atomic E-state index is -0.950. The Morgan fingerprint density at radius 2 is 1.18 bits per heavy atom. The van der Waals surface area contributed by atoms with Gasteiger partial charge in [-0.2, -0.15) is 0 Å². The van der Waals surface area contributed by atoms with Crippen molar-refractivity contribution in [3.63, 3.8) is 0 Å². The van der Waals surface area contributed by atoms with Crippen molar-refractivity contribution in [1.29, 1.82) is 0 Å². The van der Waals surface area contributed by atoms with Crippen LogP contribution in [0.1, 0.15) is 68.0 Å². The predicted molar refractivity (Wildman–Crippen MR) is 155 cm³/mol. The van der Waals surface area contributed by atoms with Crippen LogP contribution in [0.3, 0.4) is 0 Å². The topological polar surface area (TPSA) is 150 Å². The minimum absolute atomic E-state index is 0.341. The number of carboxylic acids is 1. The molecule has 0 aliphatic rings. The second-order valence-corrected chi connectivity index (χ2v) is 10.8. The Morgan fingerprint density at radius 1 is 0.800 bits per heavy atom. The number of nitrogens with zero attached hydrogens (tertiary/aromatic N) is 1. The quantitative estimate of drug-likeness (QED) is 0.324. The SMILES string of the molecule is Cc1cc(C)c(O[C@H](C)C(=O)NC(N)=NC(=O)OC(C)(C)C)c(C)c1.Cc1cc(C)c(O[C@H](C)C(=O)O)c(C)c1. The molecule has 10 nitrogen and oxygen atoms in total. The van der Waals surface area contributed by atoms with Crippen LogP contribution in [0, 0.1) is 41.5 Å². The molecule has 0 bridgehead atoms. The molecule has 0 fully saturated rings. The summed E-state index contributed by atoms with van der Waals surface area (Å²) < 4.78 is 16.1. The molecule has 0 saturated heterocycles. The molecule has 220 valence electrons. The van der Waals surface area contributed by atoms with E-state index in [2.05, 4.69) is 10.3 Å². The maximum absolute atomic E-state index is 12.2. The molecule has 0 radical (unpaired) electrons. The standard InChI is InChI=1S/C18H27N3O4.C12H16O3/c1-10-8-11(2)14(12(3)9-10)24-13(4)15(22)20-16(19)21-17(23)25-18(5,6)7;1-7-5-8(2)11(9(3)6-7)15-10(4)12(13)14/h8-9,13H,1-7H3,(H3,19,20,21,22,23);5-6,10H,1-4H3,(H,13,14)/t13-;10-/m11/s1. The first-order chi connectivity index (χ1) is 18.3. The van der Waals surface area contributed by atoms with Crippen LogP contribution < -0.4 is 20.5 Å². The van der Waals surface area contributed by atoms with E-state index in [0.29, 0.717) is 11.5 Å². The maximum Gasteiger partial charge on any atom is 0.437 e. The van der Waals surface area contributed by atoms with E-state index in [-0.39, 0.29) is 5.96 Å². The molecule has 2 aromatic carbocycles. The number of rotatable bonds is 6. The van der Waals surface area contributed by atoms with Crippen molar-refractivity contribution in [2.45, 2.75) is 94.0 Å². The second-order valence-electron chi connectivity index (χ2n) is 10.8. The van der Waals surface area contributed by atoms with Crippen LogP contribution in [0.5, 0.6) is 11.5 Å². The summed E-state index contributed by atoms with van der Waals surface area (Å²) in [6.45, 7) is 19.9. The Bertz CT molecular complexity index is 1220. The third-order valence-corrected chi connectivity index (χ3v) is 5.37. The molecule has 2 aromatic rings. The highest BCUT2D eigenvalue weighted by atomic mass is 16.6. The molecule has 0 aliphatic carbocycles. The molecule has 2 amide bonds. The van der Waals surface area contributed by atoms with Crippen LogP contribution in [0.2, 0.25) is 0 Å². The number of nitrogens with one attached hydrogen (secondary N) is 1. The summed E-state index contributed by atoms with van der Waals surface area (Å²) >= 11 is 0. The fourth-order valence-electron chi connectivity index (χ4n) is 3.80. The number of aryl methyl sites for hydroxylation is 6. The molecule has 4 N–H and O–H groups in total. The van der Waals surface area contributed by atoms with E-state index >= 15 is 0 Å². The first-order valence-electron chi connectivity index (χ1n) is 12.9. The Kier molecular flexibility index (Phi) is 12.2. The van der Waals surface area contributed by atoms with Crippen LogP contribution in [-0.2, 0) is 14.3 Å². The molecule has 0 aliphatic heterocycles. The lowest BCUT2D eigenvalue weighted by Gasteiger charge is -2.19. The summed E-state index contributed by atoms with van der Waals surface area (Å²) in [7, 11) is 0. The van der Waals surface area contributed by atoms with Crippen molar-refractivity contribution in [2.24, 2.45) is 10.7 Å². The van der Waals surface area contributed by atoms with Crippen molar-refractivity contribution in [1.82, 2.24) is 5.32 Å². The van der Waals surface area contributed by atoms with Gasteiger partial charge in [0, 0.05) is 0 Å². The highest BCUT2D eigenvalue weighted by molar-refractivity contribution is 6.01. The largest absolute Gasteiger partial charge is 0.480 e. The molecule has 10 heteroatoms. The summed E-state index contributed by atoms with van der Waals surface area (Å²) in [5, 5.41) is 11.1. The average Bonchev–Trinajstić information content (AvgIpc) is 2.77. The van der Waals surface area contributed by atoms with Gasteiger partial charge >= 0.3 is 12.1 Å². The predicted octanol–water partition coefficient (Wildman–Crippen LogP) is 5.21. The summed E-state index contributed by atoms with van der Waals surface area (Å²) in [5.74, 6) is -0.475. The number of aliphatic imine (C=N–C) groups is 1. The summed E-state index contributed by atoms with van der Waals surface area (Å²) in [6.07, 6.45) is -2.50. The van der Waals surface area contributed by atoms with Gasteiger partial charge in [0.15, 0.2) is 12.2 Å². The molecular weight excluding hydrogens is 514 g/mol. The van der Waals surface area contributed by atoms with Gasteiger partial charge < -0.3 is 25.1 Å². The Labute approximate surface area is 236 Å². The molecule has 40 heavy (non-hydrogen) atoms. The van der Waals surface area contributed by atoms with E-state index < -0.39 is 35.8 Å². The summed E-state index contributed by atoms with van der Waals surface area (Å²) in [5.41, 5.74) is 11.0. The van der Waals surface area contributed by atoms with E-state index in [4.69, 9.17) is 25.1 Å². The number of hydrogen-bond donors (Lipinski definition) is 3. The lowest BCUT2D eigenvalue weighted by Crippen LogP contribution is -2.44. The average molecular weight is 558 g/mol. The first-order valence-corrected chi connectivity index (χ1v) is 12.9. The molecular formula is C30H43N3O7. The minimum Gasteiger partial charge on any atom is -0.480 e. The van der Waals surface area contributed by atoms with Crippen LogP contribution in [-0.4, -0.2) is 46.8 Å². The number of carbonyl (C=O) groups is 3. The van der Waals surface area contributed by atoms with Crippen LogP contribution in [0.4, 0.5) is 4.79 Å². The fraction of sp³-hybridized carbons (Fsp3) is 0.467. The number of benzene rings is 2. The Hall–Kier alpha value is -4.08. The van der Waals surface area contributed by atoms with Gasteiger partial charge in [0.25, 0.3) is 5.91 Å². The smallest absolute Gasteiger partial charge is 0.437 e. The number of hydrogen-bond acceptors (Lipinski definition) is 6. The van der Waals surface area contributed by atoms with Gasteiger partial charge in [-0.1, -0.05) is 35.4 Å². The summed E-state index contributed by atoms with van der Waals surface area (Å²) in [4.78, 5) is 37.9. The van der Waals surface area contributed by atoms with Crippen LogP contribution in [0.25, 0.3) is 0 Å². The number of carbonyl (C=O) groups excluding carboxylic acids is 2. The molecule has 0 unspecified atom stereocenters. The molecule has 0 aromatic heterocycles. The van der Waals surface area contributed by atoms with E-state index in [1.807, 2.05) is 65.8 Å². The van der Waals surface area contributed by atoms with Crippen molar-refractivity contribution in [3.8, 4) is 11.5 Å². The van der Waals surface area contributed by atoms with E-state index in [1.54, 1.807) is 27.7 Å². The maximum atomic E-state index is 12.2. The molecule has 0 spiro atoms. The van der Waals surface area contributed by atoms with E-state index in [1.165, 1.54) is 6.92 Å². The van der Waals surface area contributed by atoms with E-state index in [9.17, 15) is 14.4 Å². The van der Waals surface area contributed by atoms with Crippen molar-refractivity contribution >= 4 is 23.9 Å². The Balaban J connectivity index is 0.000000453. The first kappa shape index (κ1) is 33.9. The zero-order chi connectivity index (χ0) is 30.9. The van der Waals surface area contributed by atoms with Gasteiger partial charge in [-0.25, -0.2) is 9.59 Å². The van der Waals surface area contributed by atoms with Gasteiger partial charge in [0.05, 0.1) is 0 Å². The lowest BCUT2D eigenvalue weighted by molar-refractivity contribution is -0.144. The van der Waals surface area contributed by atoms with Gasteiger partial charge in [0.2, 0.25) is 5.96 Å². The monoisotopic (exact) mass is 557 g/mol. The Morgan fingerprint density at radius 3 is 1.52 bits per heavy atom. The number of amides is 2. The second kappa shape index (κ2) is 14.3. The van der Waals surface area contributed by atoms with Crippen molar-refractivity contribution < 1.29 is 33.7 Å². The number of ether oxygens (including phenoxy) is 3. The highest BCUT2D eigenvalue weighted by Crippen LogP contribution is 2.26. The van der Waals surface area contributed by atoms with Gasteiger partial charge in [0.1, 0.15) is 17.1 Å². The number of carboxylic acid groups (broad SMARTS) is 1. The zero-order valence-electron chi connectivity index (χ0n) is 25.4. The normalized spacial score (nSPS) is 12.8.